The van der Waals surface area contributed by atoms with Crippen molar-refractivity contribution in [1.29, 1.82) is 0 Å². The molecule has 1 unspecified atom stereocenters. The molecule has 1 aliphatic rings. The van der Waals surface area contributed by atoms with Gasteiger partial charge in [0.25, 0.3) is 0 Å². The van der Waals surface area contributed by atoms with Gasteiger partial charge in [-0.2, -0.15) is 0 Å². The Morgan fingerprint density at radius 2 is 2.11 bits per heavy atom. The van der Waals surface area contributed by atoms with Gasteiger partial charge in [0.15, 0.2) is 11.4 Å². The maximum Gasteiger partial charge on any atom is 0.170 e. The van der Waals surface area contributed by atoms with Crippen molar-refractivity contribution >= 4 is 11.0 Å². The second-order valence-electron chi connectivity index (χ2n) is 5.21. The Bertz CT molecular complexity index is 540. The van der Waals surface area contributed by atoms with Gasteiger partial charge in [0, 0.05) is 5.39 Å². The number of aliphatic hydroxyl groups excluding tert-OH is 1. The van der Waals surface area contributed by atoms with Crippen molar-refractivity contribution in [1.82, 2.24) is 0 Å². The Kier molecular flexibility index (Phi) is 3.08. The molecule has 1 saturated carbocycles. The van der Waals surface area contributed by atoms with Crippen LogP contribution in [0.3, 0.4) is 0 Å². The van der Waals surface area contributed by atoms with Gasteiger partial charge in [-0.1, -0.05) is 37.8 Å². The van der Waals surface area contributed by atoms with Crippen molar-refractivity contribution in [3.05, 3.63) is 35.8 Å². The van der Waals surface area contributed by atoms with Crippen LogP contribution < -0.4 is 0 Å². The number of aliphatic hydroxyl groups is 1. The normalized spacial score (nSPS) is 18.6. The quantitative estimate of drug-likeness (QED) is 0.883. The molecule has 0 radical (unpaired) electrons. The number of furan rings is 1. The molecule has 18 heavy (non-hydrogen) atoms. The summed E-state index contributed by atoms with van der Waals surface area (Å²) in [5.74, 6) is 0.701. The molecule has 0 saturated heterocycles. The third kappa shape index (κ3) is 2.15. The highest BCUT2D eigenvalue weighted by Gasteiger charge is 2.22. The smallest absolute Gasteiger partial charge is 0.170 e. The summed E-state index contributed by atoms with van der Waals surface area (Å²) in [7, 11) is 0. The molecule has 1 aromatic carbocycles. The summed E-state index contributed by atoms with van der Waals surface area (Å²) in [6, 6.07) is 6.57. The summed E-state index contributed by atoms with van der Waals surface area (Å²) in [5, 5.41) is 10.9. The van der Waals surface area contributed by atoms with Crippen molar-refractivity contribution in [3.8, 4) is 0 Å². The molecule has 0 spiro atoms. The molecule has 1 heterocycles. The van der Waals surface area contributed by atoms with Crippen molar-refractivity contribution in [3.63, 3.8) is 0 Å². The van der Waals surface area contributed by atoms with Gasteiger partial charge in [0.2, 0.25) is 0 Å². The number of hydrogen-bond donors (Lipinski definition) is 1. The third-order valence-corrected chi connectivity index (χ3v) is 3.87. The van der Waals surface area contributed by atoms with E-state index in [1.807, 2.05) is 0 Å². The van der Waals surface area contributed by atoms with Gasteiger partial charge in [0.1, 0.15) is 11.9 Å². The molecule has 2 nitrogen and oxygen atoms in total. The van der Waals surface area contributed by atoms with E-state index in [1.165, 1.54) is 31.7 Å². The number of halogens is 1. The van der Waals surface area contributed by atoms with E-state index in [-0.39, 0.29) is 11.4 Å². The largest absolute Gasteiger partial charge is 0.455 e. The van der Waals surface area contributed by atoms with Gasteiger partial charge in [-0.15, -0.1) is 0 Å². The maximum atomic E-state index is 13.5. The number of fused-ring (bicyclic) bond motifs is 1. The van der Waals surface area contributed by atoms with Crippen LogP contribution in [0.5, 0.6) is 0 Å². The van der Waals surface area contributed by atoms with Crippen molar-refractivity contribution < 1.29 is 13.9 Å². The summed E-state index contributed by atoms with van der Waals surface area (Å²) in [4.78, 5) is 0. The van der Waals surface area contributed by atoms with Gasteiger partial charge in [-0.3, -0.25) is 0 Å². The second-order valence-corrected chi connectivity index (χ2v) is 5.21. The summed E-state index contributed by atoms with van der Waals surface area (Å²) in [5.41, 5.74) is 0.248. The zero-order valence-corrected chi connectivity index (χ0v) is 10.2. The van der Waals surface area contributed by atoms with Crippen molar-refractivity contribution in [2.24, 2.45) is 5.92 Å². The third-order valence-electron chi connectivity index (χ3n) is 3.87. The van der Waals surface area contributed by atoms with Gasteiger partial charge >= 0.3 is 0 Å². The van der Waals surface area contributed by atoms with Crippen LogP contribution in [0.15, 0.2) is 28.7 Å². The van der Waals surface area contributed by atoms with Crippen LogP contribution in [0, 0.1) is 11.7 Å². The van der Waals surface area contributed by atoms with E-state index in [1.54, 1.807) is 18.2 Å². The molecule has 1 aliphatic carbocycles. The summed E-state index contributed by atoms with van der Waals surface area (Å²) in [6.45, 7) is 0. The molecule has 0 aliphatic heterocycles. The van der Waals surface area contributed by atoms with Crippen molar-refractivity contribution in [2.75, 3.05) is 0 Å². The first kappa shape index (κ1) is 11.7. The Morgan fingerprint density at radius 3 is 2.83 bits per heavy atom. The Labute approximate surface area is 105 Å². The zero-order chi connectivity index (χ0) is 12.5. The molecule has 1 atom stereocenters. The Balaban J connectivity index is 1.82. The van der Waals surface area contributed by atoms with E-state index in [0.29, 0.717) is 11.7 Å². The molecule has 1 fully saturated rings. The van der Waals surface area contributed by atoms with Crippen molar-refractivity contribution in [2.45, 2.75) is 38.2 Å². The van der Waals surface area contributed by atoms with Crippen LogP contribution in [0.2, 0.25) is 0 Å². The molecule has 1 N–H and O–H groups in total. The highest BCUT2D eigenvalue weighted by atomic mass is 19.1. The first-order chi connectivity index (χ1) is 8.74. The molecular weight excluding hydrogens is 231 g/mol. The maximum absolute atomic E-state index is 13.5. The predicted octanol–water partition coefficient (Wildman–Crippen LogP) is 4.19. The van der Waals surface area contributed by atoms with Crippen LogP contribution in [0.1, 0.15) is 44.0 Å². The first-order valence-corrected chi connectivity index (χ1v) is 6.60. The van der Waals surface area contributed by atoms with E-state index in [9.17, 15) is 9.50 Å². The van der Waals surface area contributed by atoms with E-state index in [4.69, 9.17) is 4.42 Å². The summed E-state index contributed by atoms with van der Waals surface area (Å²) >= 11 is 0. The van der Waals surface area contributed by atoms with Crippen LogP contribution >= 0.6 is 0 Å². The summed E-state index contributed by atoms with van der Waals surface area (Å²) in [6.07, 6.45) is 5.00. The van der Waals surface area contributed by atoms with E-state index >= 15 is 0 Å². The monoisotopic (exact) mass is 248 g/mol. The average molecular weight is 248 g/mol. The topological polar surface area (TPSA) is 33.4 Å². The minimum atomic E-state index is -0.611. The van der Waals surface area contributed by atoms with Gasteiger partial charge < -0.3 is 9.52 Å². The van der Waals surface area contributed by atoms with Gasteiger partial charge in [-0.05, 0) is 24.5 Å². The van der Waals surface area contributed by atoms with Crippen LogP contribution in [0.25, 0.3) is 11.0 Å². The number of para-hydroxylation sites is 1. The van der Waals surface area contributed by atoms with Crippen LogP contribution in [0.4, 0.5) is 4.39 Å². The molecule has 2 aromatic rings. The SMILES string of the molecule is OC(CC1CCCC1)c1cc2cccc(F)c2o1. The molecule has 1 aromatic heterocycles. The Morgan fingerprint density at radius 1 is 1.33 bits per heavy atom. The second kappa shape index (κ2) is 4.73. The van der Waals surface area contributed by atoms with Crippen LogP contribution in [-0.2, 0) is 0 Å². The van der Waals surface area contributed by atoms with Crippen LogP contribution in [-0.4, -0.2) is 5.11 Å². The standard InChI is InChI=1S/C15H17FO2/c16-12-7-3-6-11-9-14(18-15(11)12)13(17)8-10-4-1-2-5-10/h3,6-7,9-10,13,17H,1-2,4-5,8H2. The fraction of sp³-hybridized carbons (Fsp3) is 0.467. The minimum Gasteiger partial charge on any atom is -0.455 e. The lowest BCUT2D eigenvalue weighted by atomic mass is 9.99. The molecule has 96 valence electrons. The highest BCUT2D eigenvalue weighted by Crippen LogP contribution is 2.34. The fourth-order valence-corrected chi connectivity index (χ4v) is 2.89. The number of hydrogen-bond acceptors (Lipinski definition) is 2. The average Bonchev–Trinajstić information content (AvgIpc) is 2.97. The molecule has 0 amide bonds. The highest BCUT2D eigenvalue weighted by molar-refractivity contribution is 5.78. The van der Waals surface area contributed by atoms with E-state index in [0.717, 1.165) is 11.8 Å². The fourth-order valence-electron chi connectivity index (χ4n) is 2.89. The molecular formula is C15H17FO2. The predicted molar refractivity (Wildman–Crippen MR) is 67.7 cm³/mol. The lowest BCUT2D eigenvalue weighted by molar-refractivity contribution is 0.122. The minimum absolute atomic E-state index is 0.248. The Hall–Kier alpha value is -1.35. The molecule has 3 heteroatoms. The molecule has 3 rings (SSSR count). The first-order valence-electron chi connectivity index (χ1n) is 6.60. The van der Waals surface area contributed by atoms with Gasteiger partial charge in [0.05, 0.1) is 0 Å². The zero-order valence-electron chi connectivity index (χ0n) is 10.2. The van der Waals surface area contributed by atoms with E-state index < -0.39 is 6.10 Å². The number of rotatable bonds is 3. The number of benzene rings is 1. The lowest BCUT2D eigenvalue weighted by Crippen LogP contribution is -2.03. The summed E-state index contributed by atoms with van der Waals surface area (Å²) < 4.78 is 18.9. The van der Waals surface area contributed by atoms with Gasteiger partial charge in [-0.25, -0.2) is 4.39 Å². The molecule has 0 bridgehead atoms. The lowest BCUT2D eigenvalue weighted by Gasteiger charge is -2.12. The van der Waals surface area contributed by atoms with E-state index in [2.05, 4.69) is 0 Å².